The van der Waals surface area contributed by atoms with Crippen LogP contribution in [0.5, 0.6) is 0 Å². The molecule has 0 amide bonds. The molecular formula is C19H17BrCl2N4S. The van der Waals surface area contributed by atoms with Crippen molar-refractivity contribution in [2.45, 2.75) is 30.7 Å². The summed E-state index contributed by atoms with van der Waals surface area (Å²) >= 11 is 17.1. The maximum atomic E-state index is 6.08. The van der Waals surface area contributed by atoms with Crippen molar-refractivity contribution >= 4 is 57.1 Å². The van der Waals surface area contributed by atoms with E-state index in [4.69, 9.17) is 23.2 Å². The fraction of sp³-hybridized carbons (Fsp3) is 0.211. The smallest absolute Gasteiger partial charge is 0.191 e. The van der Waals surface area contributed by atoms with Gasteiger partial charge in [-0.25, -0.2) is 0 Å². The van der Waals surface area contributed by atoms with E-state index in [9.17, 15) is 0 Å². The molecule has 0 unspecified atom stereocenters. The first-order valence-electron chi connectivity index (χ1n) is 8.26. The Hall–Kier alpha value is -1.34. The number of halogens is 3. The molecular weight excluding hydrogens is 467 g/mol. The zero-order valence-electron chi connectivity index (χ0n) is 14.7. The SMILES string of the molecule is CC(C)c1nnc(SCc2ccc(Br)cc2)n1/N=C/c1ccc(Cl)c(Cl)c1. The van der Waals surface area contributed by atoms with Gasteiger partial charge in [0.15, 0.2) is 5.82 Å². The Kier molecular flexibility index (Phi) is 6.98. The number of hydrogen-bond acceptors (Lipinski definition) is 4. The van der Waals surface area contributed by atoms with Crippen LogP contribution in [0.4, 0.5) is 0 Å². The fourth-order valence-electron chi connectivity index (χ4n) is 2.28. The van der Waals surface area contributed by atoms with E-state index in [-0.39, 0.29) is 5.92 Å². The van der Waals surface area contributed by atoms with Crippen LogP contribution in [0.1, 0.15) is 36.7 Å². The molecule has 0 aliphatic rings. The van der Waals surface area contributed by atoms with Crippen LogP contribution in [0.15, 0.2) is 57.2 Å². The van der Waals surface area contributed by atoms with Crippen molar-refractivity contribution in [3.8, 4) is 0 Å². The van der Waals surface area contributed by atoms with Gasteiger partial charge in [-0.2, -0.15) is 9.78 Å². The summed E-state index contributed by atoms with van der Waals surface area (Å²) in [6.07, 6.45) is 1.74. The monoisotopic (exact) mass is 482 g/mol. The Morgan fingerprint density at radius 2 is 1.85 bits per heavy atom. The van der Waals surface area contributed by atoms with Gasteiger partial charge in [0.2, 0.25) is 5.16 Å². The minimum absolute atomic E-state index is 0.200. The number of rotatable bonds is 6. The molecule has 27 heavy (non-hydrogen) atoms. The third-order valence-electron chi connectivity index (χ3n) is 3.70. The number of hydrogen-bond donors (Lipinski definition) is 0. The normalized spacial score (nSPS) is 11.6. The zero-order valence-corrected chi connectivity index (χ0v) is 18.6. The molecule has 2 aromatic carbocycles. The lowest BCUT2D eigenvalue weighted by Gasteiger charge is -2.07. The van der Waals surface area contributed by atoms with Crippen LogP contribution >= 0.6 is 50.9 Å². The first kappa shape index (κ1) is 20.4. The first-order chi connectivity index (χ1) is 12.9. The molecule has 4 nitrogen and oxygen atoms in total. The van der Waals surface area contributed by atoms with Crippen molar-refractivity contribution in [1.82, 2.24) is 14.9 Å². The van der Waals surface area contributed by atoms with Crippen molar-refractivity contribution in [1.29, 1.82) is 0 Å². The molecule has 0 spiro atoms. The molecule has 0 N–H and O–H groups in total. The Balaban J connectivity index is 1.83. The molecule has 1 aromatic heterocycles. The van der Waals surface area contributed by atoms with Gasteiger partial charge in [0.1, 0.15) is 0 Å². The minimum Gasteiger partial charge on any atom is -0.191 e. The van der Waals surface area contributed by atoms with Gasteiger partial charge in [0, 0.05) is 16.1 Å². The van der Waals surface area contributed by atoms with E-state index in [0.717, 1.165) is 26.8 Å². The maximum Gasteiger partial charge on any atom is 0.212 e. The van der Waals surface area contributed by atoms with Crippen LogP contribution in [-0.2, 0) is 5.75 Å². The third kappa shape index (κ3) is 5.35. The molecule has 1 heterocycles. The van der Waals surface area contributed by atoms with Gasteiger partial charge >= 0.3 is 0 Å². The van der Waals surface area contributed by atoms with Gasteiger partial charge in [-0.3, -0.25) is 0 Å². The highest BCUT2D eigenvalue weighted by atomic mass is 79.9. The van der Waals surface area contributed by atoms with Crippen molar-refractivity contribution < 1.29 is 0 Å². The van der Waals surface area contributed by atoms with Gasteiger partial charge in [0.25, 0.3) is 0 Å². The zero-order chi connectivity index (χ0) is 19.4. The van der Waals surface area contributed by atoms with Crippen molar-refractivity contribution in [2.75, 3.05) is 0 Å². The summed E-state index contributed by atoms with van der Waals surface area (Å²) < 4.78 is 2.85. The first-order valence-corrected chi connectivity index (χ1v) is 10.8. The lowest BCUT2D eigenvalue weighted by atomic mass is 10.2. The van der Waals surface area contributed by atoms with Crippen LogP contribution in [0.2, 0.25) is 10.0 Å². The second kappa shape index (κ2) is 9.24. The van der Waals surface area contributed by atoms with E-state index in [0.29, 0.717) is 10.0 Å². The Bertz CT molecular complexity index is 955. The van der Waals surface area contributed by atoms with Crippen LogP contribution in [0.25, 0.3) is 0 Å². The molecule has 0 aliphatic carbocycles. The average Bonchev–Trinajstić information content (AvgIpc) is 3.05. The van der Waals surface area contributed by atoms with Crippen LogP contribution < -0.4 is 0 Å². The maximum absolute atomic E-state index is 6.08. The van der Waals surface area contributed by atoms with E-state index in [2.05, 4.69) is 57.2 Å². The number of nitrogens with zero attached hydrogens (tertiary/aromatic N) is 4. The Morgan fingerprint density at radius 3 is 2.52 bits per heavy atom. The lowest BCUT2D eigenvalue weighted by Crippen LogP contribution is -2.02. The Labute approximate surface area is 181 Å². The summed E-state index contributed by atoms with van der Waals surface area (Å²) in [7, 11) is 0. The largest absolute Gasteiger partial charge is 0.212 e. The molecule has 0 radical (unpaired) electrons. The van der Waals surface area contributed by atoms with Gasteiger partial charge in [-0.15, -0.1) is 10.2 Å². The number of benzene rings is 2. The topological polar surface area (TPSA) is 43.1 Å². The van der Waals surface area contributed by atoms with E-state index in [1.165, 1.54) is 5.56 Å². The predicted octanol–water partition coefficient (Wildman–Crippen LogP) is 6.65. The molecule has 3 rings (SSSR count). The summed E-state index contributed by atoms with van der Waals surface area (Å²) in [5.41, 5.74) is 2.06. The van der Waals surface area contributed by atoms with Gasteiger partial charge in [0.05, 0.1) is 16.3 Å². The van der Waals surface area contributed by atoms with E-state index in [1.54, 1.807) is 34.8 Å². The lowest BCUT2D eigenvalue weighted by molar-refractivity contribution is 0.667. The highest BCUT2D eigenvalue weighted by Crippen LogP contribution is 2.26. The van der Waals surface area contributed by atoms with Crippen molar-refractivity contribution in [2.24, 2.45) is 5.10 Å². The van der Waals surface area contributed by atoms with Crippen LogP contribution in [0, 0.1) is 0 Å². The molecule has 0 saturated carbocycles. The summed E-state index contributed by atoms with van der Waals surface area (Å²) in [6.45, 7) is 4.14. The number of aromatic nitrogens is 3. The third-order valence-corrected chi connectivity index (χ3v) is 5.96. The fourth-order valence-corrected chi connectivity index (χ4v) is 3.70. The molecule has 0 saturated heterocycles. The highest BCUT2D eigenvalue weighted by Gasteiger charge is 2.15. The summed E-state index contributed by atoms with van der Waals surface area (Å²) in [5, 5.41) is 15.0. The summed E-state index contributed by atoms with van der Waals surface area (Å²) in [5.74, 6) is 1.79. The Morgan fingerprint density at radius 1 is 1.11 bits per heavy atom. The standard InChI is InChI=1S/C19H17BrCl2N4S/c1-12(2)18-24-25-19(27-11-13-3-6-15(20)7-4-13)26(18)23-10-14-5-8-16(21)17(22)9-14/h3-10,12H,11H2,1-2H3/b23-10+. The average molecular weight is 484 g/mol. The van der Waals surface area contributed by atoms with E-state index < -0.39 is 0 Å². The molecule has 0 aliphatic heterocycles. The molecule has 8 heteroatoms. The van der Waals surface area contributed by atoms with Gasteiger partial charge < -0.3 is 0 Å². The van der Waals surface area contributed by atoms with Crippen LogP contribution in [0.3, 0.4) is 0 Å². The van der Waals surface area contributed by atoms with E-state index >= 15 is 0 Å². The highest BCUT2D eigenvalue weighted by molar-refractivity contribution is 9.10. The molecule has 0 atom stereocenters. The molecule has 0 bridgehead atoms. The van der Waals surface area contributed by atoms with E-state index in [1.807, 2.05) is 18.2 Å². The minimum atomic E-state index is 0.200. The quantitative estimate of drug-likeness (QED) is 0.291. The molecule has 3 aromatic rings. The van der Waals surface area contributed by atoms with Crippen LogP contribution in [-0.4, -0.2) is 21.1 Å². The summed E-state index contributed by atoms with van der Waals surface area (Å²) in [4.78, 5) is 0. The predicted molar refractivity (Wildman–Crippen MR) is 117 cm³/mol. The number of thioether (sulfide) groups is 1. The molecule has 140 valence electrons. The van der Waals surface area contributed by atoms with Crippen molar-refractivity contribution in [3.63, 3.8) is 0 Å². The van der Waals surface area contributed by atoms with Gasteiger partial charge in [-0.1, -0.05) is 82.9 Å². The summed E-state index contributed by atoms with van der Waals surface area (Å²) in [6, 6.07) is 13.6. The van der Waals surface area contributed by atoms with Crippen molar-refractivity contribution in [3.05, 3.63) is 73.9 Å². The second-order valence-corrected chi connectivity index (χ2v) is 8.81. The molecule has 0 fully saturated rings. The van der Waals surface area contributed by atoms with Gasteiger partial charge in [-0.05, 0) is 35.4 Å². The second-order valence-electron chi connectivity index (χ2n) is 6.14.